The fourth-order valence-electron chi connectivity index (χ4n) is 2.63. The molecule has 0 aliphatic heterocycles. The third kappa shape index (κ3) is 3.50. The van der Waals surface area contributed by atoms with E-state index < -0.39 is 0 Å². The molecule has 0 bridgehead atoms. The molecule has 1 amide bonds. The minimum absolute atomic E-state index is 0.0376. The number of hydrogen-bond acceptors (Lipinski definition) is 4. The van der Waals surface area contributed by atoms with Crippen LogP contribution in [0, 0.1) is 13.8 Å². The summed E-state index contributed by atoms with van der Waals surface area (Å²) in [6.45, 7) is 3.84. The summed E-state index contributed by atoms with van der Waals surface area (Å²) in [4.78, 5) is 11.9. The molecule has 6 nitrogen and oxygen atoms in total. The first-order chi connectivity index (χ1) is 9.47. The second-order valence-corrected chi connectivity index (χ2v) is 5.59. The average molecular weight is 280 g/mol. The van der Waals surface area contributed by atoms with Gasteiger partial charge in [-0.3, -0.25) is 9.48 Å². The van der Waals surface area contributed by atoms with Crippen molar-refractivity contribution < 1.29 is 9.53 Å². The highest BCUT2D eigenvalue weighted by molar-refractivity contribution is 5.77. The molecular weight excluding hydrogens is 256 g/mol. The lowest BCUT2D eigenvalue weighted by Gasteiger charge is -2.26. The van der Waals surface area contributed by atoms with Crippen LogP contribution in [0.3, 0.4) is 0 Å². The number of aromatic nitrogens is 2. The van der Waals surface area contributed by atoms with E-state index in [2.05, 4.69) is 10.4 Å². The molecule has 0 radical (unpaired) electrons. The molecule has 3 N–H and O–H groups in total. The zero-order chi connectivity index (χ0) is 14.7. The van der Waals surface area contributed by atoms with Gasteiger partial charge in [-0.2, -0.15) is 5.10 Å². The van der Waals surface area contributed by atoms with Crippen LogP contribution >= 0.6 is 0 Å². The van der Waals surface area contributed by atoms with Gasteiger partial charge >= 0.3 is 0 Å². The van der Waals surface area contributed by atoms with Gasteiger partial charge in [0.15, 0.2) is 12.4 Å². The number of nitrogens with one attached hydrogen (secondary N) is 1. The summed E-state index contributed by atoms with van der Waals surface area (Å²) < 4.78 is 7.35. The molecule has 0 aromatic carbocycles. The first-order valence-corrected chi connectivity index (χ1v) is 7.15. The monoisotopic (exact) mass is 280 g/mol. The van der Waals surface area contributed by atoms with Crippen molar-refractivity contribution in [2.24, 2.45) is 12.8 Å². The van der Waals surface area contributed by atoms with Crippen LogP contribution in [0.15, 0.2) is 0 Å². The normalized spacial score (nSPS) is 22.6. The van der Waals surface area contributed by atoms with Crippen molar-refractivity contribution in [2.75, 3.05) is 6.61 Å². The minimum atomic E-state index is -0.0758. The quantitative estimate of drug-likeness (QED) is 0.854. The van der Waals surface area contributed by atoms with Crippen molar-refractivity contribution in [2.45, 2.75) is 51.6 Å². The molecule has 1 aromatic heterocycles. The van der Waals surface area contributed by atoms with Crippen LogP contribution in [0.2, 0.25) is 0 Å². The van der Waals surface area contributed by atoms with Crippen LogP contribution in [0.1, 0.15) is 37.1 Å². The number of rotatable bonds is 4. The lowest BCUT2D eigenvalue weighted by Crippen LogP contribution is -2.42. The van der Waals surface area contributed by atoms with E-state index in [1.54, 1.807) is 4.68 Å². The van der Waals surface area contributed by atoms with E-state index in [0.717, 1.165) is 37.1 Å². The highest BCUT2D eigenvalue weighted by Crippen LogP contribution is 2.21. The van der Waals surface area contributed by atoms with Crippen molar-refractivity contribution in [1.29, 1.82) is 0 Å². The molecule has 112 valence electrons. The van der Waals surface area contributed by atoms with Crippen LogP contribution in [-0.2, 0) is 11.8 Å². The molecule has 1 aliphatic rings. The fraction of sp³-hybridized carbons (Fsp3) is 0.714. The molecule has 1 fully saturated rings. The van der Waals surface area contributed by atoms with Gasteiger partial charge in [0, 0.05) is 19.1 Å². The highest BCUT2D eigenvalue weighted by Gasteiger charge is 2.20. The summed E-state index contributed by atoms with van der Waals surface area (Å²) in [5.74, 6) is 0.626. The predicted octanol–water partition coefficient (Wildman–Crippen LogP) is 0.802. The van der Waals surface area contributed by atoms with Gasteiger partial charge in [-0.1, -0.05) is 0 Å². The van der Waals surface area contributed by atoms with Gasteiger partial charge < -0.3 is 15.8 Å². The van der Waals surface area contributed by atoms with E-state index in [9.17, 15) is 4.79 Å². The van der Waals surface area contributed by atoms with Crippen LogP contribution in [-0.4, -0.2) is 34.4 Å². The summed E-state index contributed by atoms with van der Waals surface area (Å²) >= 11 is 0. The summed E-state index contributed by atoms with van der Waals surface area (Å²) in [5, 5.41) is 7.27. The maximum Gasteiger partial charge on any atom is 0.258 e. The molecule has 0 spiro atoms. The first-order valence-electron chi connectivity index (χ1n) is 7.15. The molecule has 0 unspecified atom stereocenters. The van der Waals surface area contributed by atoms with E-state index in [-0.39, 0.29) is 18.6 Å². The Morgan fingerprint density at radius 3 is 2.60 bits per heavy atom. The molecular formula is C14H24N4O2. The fourth-order valence-corrected chi connectivity index (χ4v) is 2.63. The number of nitrogens with zero attached hydrogens (tertiary/aromatic N) is 2. The third-order valence-electron chi connectivity index (χ3n) is 3.93. The van der Waals surface area contributed by atoms with E-state index in [4.69, 9.17) is 10.5 Å². The molecule has 2 rings (SSSR count). The van der Waals surface area contributed by atoms with Gasteiger partial charge in [0.1, 0.15) is 5.69 Å². The number of ether oxygens (including phenoxy) is 1. The maximum atomic E-state index is 11.9. The third-order valence-corrected chi connectivity index (χ3v) is 3.93. The van der Waals surface area contributed by atoms with Crippen molar-refractivity contribution in [3.8, 4) is 5.75 Å². The number of nitrogens with two attached hydrogens (primary N) is 1. The maximum absolute atomic E-state index is 11.9. The molecule has 6 heteroatoms. The lowest BCUT2D eigenvalue weighted by molar-refractivity contribution is -0.124. The van der Waals surface area contributed by atoms with Crippen LogP contribution in [0.5, 0.6) is 5.75 Å². The Labute approximate surface area is 119 Å². The Hall–Kier alpha value is -1.56. The summed E-state index contributed by atoms with van der Waals surface area (Å²) in [7, 11) is 1.86. The number of carbonyl (C=O) groups excluding carboxylic acids is 1. The molecule has 1 aromatic rings. The molecule has 0 atom stereocenters. The summed E-state index contributed by atoms with van der Waals surface area (Å²) in [6.07, 6.45) is 3.87. The van der Waals surface area contributed by atoms with Gasteiger partial charge in [-0.25, -0.2) is 0 Å². The van der Waals surface area contributed by atoms with Crippen molar-refractivity contribution >= 4 is 5.91 Å². The smallest absolute Gasteiger partial charge is 0.258 e. The predicted molar refractivity (Wildman–Crippen MR) is 76.6 cm³/mol. The Morgan fingerprint density at radius 1 is 1.40 bits per heavy atom. The van der Waals surface area contributed by atoms with Gasteiger partial charge in [-0.15, -0.1) is 0 Å². The average Bonchev–Trinajstić information content (AvgIpc) is 2.64. The molecule has 1 saturated carbocycles. The zero-order valence-electron chi connectivity index (χ0n) is 12.5. The highest BCUT2D eigenvalue weighted by atomic mass is 16.5. The SMILES string of the molecule is Cc1nn(C)c(C)c1OCC(=O)NC1CCC(N)CC1. The molecule has 20 heavy (non-hydrogen) atoms. The topological polar surface area (TPSA) is 82.2 Å². The van der Waals surface area contributed by atoms with Crippen molar-refractivity contribution in [3.63, 3.8) is 0 Å². The van der Waals surface area contributed by atoms with E-state index in [1.807, 2.05) is 20.9 Å². The summed E-state index contributed by atoms with van der Waals surface area (Å²) in [6, 6.07) is 0.530. The van der Waals surface area contributed by atoms with Gasteiger partial charge in [0.25, 0.3) is 5.91 Å². The molecule has 1 aliphatic carbocycles. The minimum Gasteiger partial charge on any atom is -0.480 e. The van der Waals surface area contributed by atoms with Gasteiger partial charge in [0.2, 0.25) is 0 Å². The van der Waals surface area contributed by atoms with E-state index in [0.29, 0.717) is 11.8 Å². The van der Waals surface area contributed by atoms with Gasteiger partial charge in [0.05, 0.1) is 5.69 Å². The molecule has 1 heterocycles. The Morgan fingerprint density at radius 2 is 2.05 bits per heavy atom. The standard InChI is InChI=1S/C14H24N4O2/c1-9-14(10(2)18(3)17-9)20-8-13(19)16-12-6-4-11(15)5-7-12/h11-12H,4-8,15H2,1-3H3,(H,16,19). The molecule has 0 saturated heterocycles. The Bertz CT molecular complexity index is 476. The lowest BCUT2D eigenvalue weighted by atomic mass is 9.92. The van der Waals surface area contributed by atoms with E-state index in [1.165, 1.54) is 0 Å². The van der Waals surface area contributed by atoms with Crippen molar-refractivity contribution in [1.82, 2.24) is 15.1 Å². The Balaban J connectivity index is 1.80. The van der Waals surface area contributed by atoms with E-state index >= 15 is 0 Å². The first kappa shape index (κ1) is 14.8. The number of amides is 1. The number of aryl methyl sites for hydroxylation is 2. The second-order valence-electron chi connectivity index (χ2n) is 5.59. The number of hydrogen-bond donors (Lipinski definition) is 2. The summed E-state index contributed by atoms with van der Waals surface area (Å²) in [5.41, 5.74) is 7.59. The van der Waals surface area contributed by atoms with Gasteiger partial charge in [-0.05, 0) is 39.5 Å². The second kappa shape index (κ2) is 6.26. The number of carbonyl (C=O) groups is 1. The van der Waals surface area contributed by atoms with Crippen LogP contribution < -0.4 is 15.8 Å². The zero-order valence-corrected chi connectivity index (χ0v) is 12.5. The largest absolute Gasteiger partial charge is 0.480 e. The van der Waals surface area contributed by atoms with Crippen LogP contribution in [0.25, 0.3) is 0 Å². The Kier molecular flexibility index (Phi) is 4.65. The van der Waals surface area contributed by atoms with Crippen molar-refractivity contribution in [3.05, 3.63) is 11.4 Å². The van der Waals surface area contributed by atoms with Crippen LogP contribution in [0.4, 0.5) is 0 Å².